The molecule has 1 N–H and O–H groups in total. The van der Waals surface area contributed by atoms with E-state index in [9.17, 15) is 4.79 Å². The van der Waals surface area contributed by atoms with E-state index in [1.54, 1.807) is 32.5 Å². The Kier molecular flexibility index (Phi) is 3.90. The van der Waals surface area contributed by atoms with Crippen LogP contribution in [0.3, 0.4) is 0 Å². The van der Waals surface area contributed by atoms with E-state index in [0.29, 0.717) is 28.0 Å². The number of benzene rings is 2. The quantitative estimate of drug-likeness (QED) is 0.769. The summed E-state index contributed by atoms with van der Waals surface area (Å²) in [6, 6.07) is 11.1. The Bertz CT molecular complexity index is 902. The summed E-state index contributed by atoms with van der Waals surface area (Å²) in [5.41, 5.74) is 2.04. The van der Waals surface area contributed by atoms with Crippen LogP contribution in [0.2, 0.25) is 0 Å². The van der Waals surface area contributed by atoms with Gasteiger partial charge in [0.1, 0.15) is 11.5 Å². The third kappa shape index (κ3) is 2.48. The van der Waals surface area contributed by atoms with Crippen molar-refractivity contribution in [3.8, 4) is 22.6 Å². The summed E-state index contributed by atoms with van der Waals surface area (Å²) < 4.78 is 11.5. The minimum absolute atomic E-state index is 0.0775. The van der Waals surface area contributed by atoms with Crippen LogP contribution < -0.4 is 14.9 Å². The van der Waals surface area contributed by atoms with Crippen LogP contribution in [0.4, 0.5) is 0 Å². The molecule has 0 spiro atoms. The van der Waals surface area contributed by atoms with Crippen molar-refractivity contribution in [3.05, 3.63) is 57.3 Å². The highest BCUT2D eigenvalue weighted by Gasteiger charge is 2.13. The Morgan fingerprint density at radius 1 is 1.09 bits per heavy atom. The molecule has 0 aliphatic rings. The Balaban J connectivity index is 2.32. The molecule has 0 atom stereocenters. The number of pyridine rings is 1. The fourth-order valence-electron chi connectivity index (χ4n) is 2.44. The predicted octanol–water partition coefficient (Wildman–Crippen LogP) is 3.97. The highest BCUT2D eigenvalue weighted by molar-refractivity contribution is 9.10. The van der Waals surface area contributed by atoms with E-state index < -0.39 is 0 Å². The van der Waals surface area contributed by atoms with Crippen LogP contribution in [0, 0.1) is 0 Å². The van der Waals surface area contributed by atoms with Crippen molar-refractivity contribution < 1.29 is 9.47 Å². The number of rotatable bonds is 3. The van der Waals surface area contributed by atoms with Crippen LogP contribution in [0.25, 0.3) is 22.0 Å². The van der Waals surface area contributed by atoms with E-state index in [1.165, 1.54) is 0 Å². The Hall–Kier alpha value is -2.27. The molecular formula is C17H14BrNO3. The third-order valence-electron chi connectivity index (χ3n) is 3.51. The van der Waals surface area contributed by atoms with Crippen molar-refractivity contribution >= 4 is 26.8 Å². The highest BCUT2D eigenvalue weighted by atomic mass is 79.9. The van der Waals surface area contributed by atoms with E-state index in [4.69, 9.17) is 9.47 Å². The fourth-order valence-corrected chi connectivity index (χ4v) is 2.84. The Labute approximate surface area is 135 Å². The minimum Gasteiger partial charge on any atom is -0.497 e. The van der Waals surface area contributed by atoms with Crippen LogP contribution in [0.15, 0.2) is 51.9 Å². The van der Waals surface area contributed by atoms with E-state index in [1.807, 2.05) is 24.3 Å². The zero-order valence-electron chi connectivity index (χ0n) is 12.1. The number of aromatic nitrogens is 1. The van der Waals surface area contributed by atoms with Gasteiger partial charge < -0.3 is 14.5 Å². The van der Waals surface area contributed by atoms with Gasteiger partial charge >= 0.3 is 0 Å². The first-order valence-corrected chi connectivity index (χ1v) is 7.46. The second-order valence-electron chi connectivity index (χ2n) is 4.79. The molecule has 22 heavy (non-hydrogen) atoms. The van der Waals surface area contributed by atoms with Gasteiger partial charge in [0.05, 0.1) is 25.1 Å². The maximum atomic E-state index is 12.9. The summed E-state index contributed by atoms with van der Waals surface area (Å²) in [7, 11) is 3.12. The number of nitrogens with one attached hydrogen (secondary N) is 1. The van der Waals surface area contributed by atoms with Crippen LogP contribution in [-0.4, -0.2) is 19.2 Å². The number of aromatic amines is 1. The number of hydrogen-bond donors (Lipinski definition) is 1. The SMILES string of the molecule is COc1cc(OC)c2c(=O)c(-c3cccc(Br)c3)c[nH]c2c1. The normalized spacial score (nSPS) is 10.7. The molecule has 0 bridgehead atoms. The molecule has 0 aliphatic heterocycles. The number of methoxy groups -OCH3 is 2. The zero-order chi connectivity index (χ0) is 15.7. The summed E-state index contributed by atoms with van der Waals surface area (Å²) in [5, 5.41) is 0.515. The number of fused-ring (bicyclic) bond motifs is 1. The van der Waals surface area contributed by atoms with E-state index in [2.05, 4.69) is 20.9 Å². The lowest BCUT2D eigenvalue weighted by molar-refractivity contribution is 0.397. The first-order chi connectivity index (χ1) is 10.6. The highest BCUT2D eigenvalue weighted by Crippen LogP contribution is 2.29. The Morgan fingerprint density at radius 3 is 2.59 bits per heavy atom. The van der Waals surface area contributed by atoms with Gasteiger partial charge in [0, 0.05) is 28.4 Å². The number of halogens is 1. The number of H-pyrrole nitrogens is 1. The van der Waals surface area contributed by atoms with Crippen LogP contribution in [0.5, 0.6) is 11.5 Å². The van der Waals surface area contributed by atoms with Crippen molar-refractivity contribution in [1.82, 2.24) is 4.98 Å². The lowest BCUT2D eigenvalue weighted by atomic mass is 10.0. The molecule has 3 rings (SSSR count). The minimum atomic E-state index is -0.0775. The van der Waals surface area contributed by atoms with E-state index in [0.717, 1.165) is 10.0 Å². The van der Waals surface area contributed by atoms with Gasteiger partial charge in [0.15, 0.2) is 0 Å². The maximum Gasteiger partial charge on any atom is 0.200 e. The largest absolute Gasteiger partial charge is 0.497 e. The van der Waals surface area contributed by atoms with Crippen molar-refractivity contribution in [1.29, 1.82) is 0 Å². The molecule has 0 saturated carbocycles. The van der Waals surface area contributed by atoms with Crippen LogP contribution >= 0.6 is 15.9 Å². The second kappa shape index (κ2) is 5.85. The molecule has 1 aromatic heterocycles. The van der Waals surface area contributed by atoms with Crippen LogP contribution in [-0.2, 0) is 0 Å². The van der Waals surface area contributed by atoms with Gasteiger partial charge in [0.2, 0.25) is 5.43 Å². The van der Waals surface area contributed by atoms with Gasteiger partial charge in [-0.1, -0.05) is 28.1 Å². The van der Waals surface area contributed by atoms with Gasteiger partial charge in [-0.25, -0.2) is 0 Å². The number of ether oxygens (including phenoxy) is 2. The average molecular weight is 360 g/mol. The molecule has 4 nitrogen and oxygen atoms in total. The van der Waals surface area contributed by atoms with Crippen molar-refractivity contribution in [3.63, 3.8) is 0 Å². The fraction of sp³-hybridized carbons (Fsp3) is 0.118. The van der Waals surface area contributed by atoms with Gasteiger partial charge in [-0.2, -0.15) is 0 Å². The van der Waals surface area contributed by atoms with Gasteiger partial charge in [-0.3, -0.25) is 4.79 Å². The molecule has 0 fully saturated rings. The monoisotopic (exact) mass is 359 g/mol. The summed E-state index contributed by atoms with van der Waals surface area (Å²) >= 11 is 3.43. The smallest absolute Gasteiger partial charge is 0.200 e. The van der Waals surface area contributed by atoms with Crippen molar-refractivity contribution in [2.24, 2.45) is 0 Å². The molecule has 2 aromatic carbocycles. The molecule has 3 aromatic rings. The molecule has 0 unspecified atom stereocenters. The average Bonchev–Trinajstić information content (AvgIpc) is 2.54. The lowest BCUT2D eigenvalue weighted by Crippen LogP contribution is -2.08. The summed E-state index contributed by atoms with van der Waals surface area (Å²) in [5.74, 6) is 1.13. The summed E-state index contributed by atoms with van der Waals surface area (Å²) in [4.78, 5) is 16.0. The number of hydrogen-bond acceptors (Lipinski definition) is 3. The molecule has 0 saturated heterocycles. The first-order valence-electron chi connectivity index (χ1n) is 6.67. The first kappa shape index (κ1) is 14.7. The predicted molar refractivity (Wildman–Crippen MR) is 90.8 cm³/mol. The van der Waals surface area contributed by atoms with Crippen molar-refractivity contribution in [2.75, 3.05) is 14.2 Å². The molecule has 112 valence electrons. The molecule has 0 radical (unpaired) electrons. The topological polar surface area (TPSA) is 51.3 Å². The standard InChI is InChI=1S/C17H14BrNO3/c1-21-12-7-14-16(15(8-12)22-2)17(20)13(9-19-14)10-4-3-5-11(18)6-10/h3-9H,1-2H3,(H,19,20). The van der Waals surface area contributed by atoms with Gasteiger partial charge in [0.25, 0.3) is 0 Å². The lowest BCUT2D eigenvalue weighted by Gasteiger charge is -2.10. The van der Waals surface area contributed by atoms with Crippen LogP contribution in [0.1, 0.15) is 0 Å². The zero-order valence-corrected chi connectivity index (χ0v) is 13.7. The third-order valence-corrected chi connectivity index (χ3v) is 4.00. The second-order valence-corrected chi connectivity index (χ2v) is 5.71. The van der Waals surface area contributed by atoms with E-state index >= 15 is 0 Å². The van der Waals surface area contributed by atoms with Crippen molar-refractivity contribution in [2.45, 2.75) is 0 Å². The summed E-state index contributed by atoms with van der Waals surface area (Å²) in [6.07, 6.45) is 1.71. The van der Waals surface area contributed by atoms with Gasteiger partial charge in [-0.05, 0) is 17.7 Å². The molecular weight excluding hydrogens is 346 g/mol. The molecule has 0 aliphatic carbocycles. The molecule has 1 heterocycles. The summed E-state index contributed by atoms with van der Waals surface area (Å²) in [6.45, 7) is 0. The molecule has 5 heteroatoms. The van der Waals surface area contributed by atoms with E-state index in [-0.39, 0.29) is 5.43 Å². The molecule has 0 amide bonds. The van der Waals surface area contributed by atoms with Gasteiger partial charge in [-0.15, -0.1) is 0 Å². The maximum absolute atomic E-state index is 12.9. The Morgan fingerprint density at radius 2 is 1.91 bits per heavy atom.